The van der Waals surface area contributed by atoms with Crippen LogP contribution >= 0.6 is 0 Å². The number of benzene rings is 2. The molecule has 3 N–H and O–H groups in total. The van der Waals surface area contributed by atoms with Gasteiger partial charge < -0.3 is 15.1 Å². The van der Waals surface area contributed by atoms with Gasteiger partial charge in [-0.05, 0) is 42.5 Å². The normalized spacial score (nSPS) is 21.3. The summed E-state index contributed by atoms with van der Waals surface area (Å²) < 4.78 is 0. The van der Waals surface area contributed by atoms with Crippen LogP contribution in [0.4, 0.5) is 5.69 Å². The highest BCUT2D eigenvalue weighted by Crippen LogP contribution is 2.26. The number of nitrogens with one attached hydrogen (secondary N) is 3. The summed E-state index contributed by atoms with van der Waals surface area (Å²) in [5.74, 6) is 0.577. The van der Waals surface area contributed by atoms with E-state index in [1.807, 2.05) is 18.2 Å². The molecule has 4 heteroatoms. The maximum absolute atomic E-state index is 12.9. The zero-order valence-electron chi connectivity index (χ0n) is 18.7. The van der Waals surface area contributed by atoms with Crippen LogP contribution in [0.25, 0.3) is 6.08 Å². The smallest absolute Gasteiger partial charge is 0.282 e. The van der Waals surface area contributed by atoms with Crippen molar-refractivity contribution < 1.29 is 14.6 Å². The van der Waals surface area contributed by atoms with Crippen molar-refractivity contribution in [3.05, 3.63) is 71.8 Å². The summed E-state index contributed by atoms with van der Waals surface area (Å²) in [5, 5.41) is 3.21. The van der Waals surface area contributed by atoms with Crippen LogP contribution in [0.1, 0.15) is 44.2 Å². The number of hydrogen-bond donors (Lipinski definition) is 3. The third-order valence-corrected chi connectivity index (χ3v) is 6.48. The van der Waals surface area contributed by atoms with E-state index < -0.39 is 0 Å². The summed E-state index contributed by atoms with van der Waals surface area (Å²) in [6, 6.07) is 18.6. The van der Waals surface area contributed by atoms with Gasteiger partial charge in [-0.3, -0.25) is 4.79 Å². The van der Waals surface area contributed by atoms with Crippen molar-refractivity contribution in [1.29, 1.82) is 0 Å². The highest BCUT2D eigenvalue weighted by atomic mass is 16.2. The van der Waals surface area contributed by atoms with Gasteiger partial charge in [0.05, 0.1) is 6.54 Å². The van der Waals surface area contributed by atoms with Gasteiger partial charge in [0, 0.05) is 5.69 Å². The second kappa shape index (κ2) is 11.1. The van der Waals surface area contributed by atoms with E-state index in [1.165, 1.54) is 16.0 Å². The van der Waals surface area contributed by atoms with Crippen LogP contribution in [0.2, 0.25) is 0 Å². The third kappa shape index (κ3) is 6.04. The maximum Gasteiger partial charge on any atom is 0.282 e. The Kier molecular flexibility index (Phi) is 8.23. The molecule has 2 aromatic carbocycles. The monoisotopic (exact) mass is 407 g/mol. The van der Waals surface area contributed by atoms with Gasteiger partial charge in [0.25, 0.3) is 5.91 Å². The van der Waals surface area contributed by atoms with Crippen molar-refractivity contribution in [3.8, 4) is 0 Å². The van der Waals surface area contributed by atoms with Crippen LogP contribution in [0.5, 0.6) is 0 Å². The molecule has 4 nitrogen and oxygen atoms in total. The minimum absolute atomic E-state index is 0.0311. The molecule has 0 unspecified atom stereocenters. The molecule has 1 fully saturated rings. The highest BCUT2D eigenvalue weighted by molar-refractivity contribution is 5.94. The molecule has 0 spiro atoms. The van der Waals surface area contributed by atoms with Crippen LogP contribution in [0.15, 0.2) is 60.7 Å². The van der Waals surface area contributed by atoms with Crippen molar-refractivity contribution >= 4 is 17.7 Å². The first-order valence-corrected chi connectivity index (χ1v) is 11.4. The average molecular weight is 408 g/mol. The van der Waals surface area contributed by atoms with Crippen LogP contribution in [0, 0.1) is 0 Å². The Morgan fingerprint density at radius 1 is 1.00 bits per heavy atom. The van der Waals surface area contributed by atoms with E-state index in [0.717, 1.165) is 44.8 Å². The fourth-order valence-corrected chi connectivity index (χ4v) is 4.17. The Bertz CT molecular complexity index is 825. The topological polar surface area (TPSA) is 38.0 Å². The van der Waals surface area contributed by atoms with Gasteiger partial charge in [-0.25, -0.2) is 0 Å². The van der Waals surface area contributed by atoms with Crippen LogP contribution in [-0.4, -0.2) is 44.7 Å². The van der Waals surface area contributed by atoms with Gasteiger partial charge in [-0.2, -0.15) is 0 Å². The standard InChI is InChI=1S/C26H35N3O/c1-4-21(2)24-14-8-9-15-25(24)27-26(30)22(3)29-19-17-28(18-20-29)16-10-13-23-11-6-5-7-12-23/h5-15,21-22H,4,16-20H2,1-3H3,(H,27,30)/p+2/b13-10+/t21-,22+/m1/s1. The minimum atomic E-state index is -0.0311. The van der Waals surface area contributed by atoms with Crippen LogP contribution in [-0.2, 0) is 4.79 Å². The molecule has 1 amide bonds. The third-order valence-electron chi connectivity index (χ3n) is 6.48. The zero-order valence-corrected chi connectivity index (χ0v) is 18.7. The number of piperazine rings is 1. The molecule has 0 bridgehead atoms. The lowest BCUT2D eigenvalue weighted by Crippen LogP contribution is -3.29. The molecule has 160 valence electrons. The van der Waals surface area contributed by atoms with Gasteiger partial charge in [-0.1, -0.05) is 68.5 Å². The number of para-hydroxylation sites is 1. The summed E-state index contributed by atoms with van der Waals surface area (Å²) in [5.41, 5.74) is 3.46. The lowest BCUT2D eigenvalue weighted by molar-refractivity contribution is -1.02. The Morgan fingerprint density at radius 3 is 2.37 bits per heavy atom. The lowest BCUT2D eigenvalue weighted by atomic mass is 9.97. The first-order valence-electron chi connectivity index (χ1n) is 11.4. The van der Waals surface area contributed by atoms with Crippen molar-refractivity contribution in [1.82, 2.24) is 0 Å². The van der Waals surface area contributed by atoms with Crippen LogP contribution in [0.3, 0.4) is 0 Å². The molecule has 1 saturated heterocycles. The number of anilines is 1. The van der Waals surface area contributed by atoms with Gasteiger partial charge >= 0.3 is 0 Å². The fourth-order valence-electron chi connectivity index (χ4n) is 4.17. The Balaban J connectivity index is 1.48. The van der Waals surface area contributed by atoms with E-state index >= 15 is 0 Å². The van der Waals surface area contributed by atoms with Gasteiger partial charge in [0.15, 0.2) is 6.04 Å². The number of carbonyl (C=O) groups is 1. The number of hydrogen-bond acceptors (Lipinski definition) is 1. The van der Waals surface area contributed by atoms with E-state index in [-0.39, 0.29) is 11.9 Å². The lowest BCUT2D eigenvalue weighted by Gasteiger charge is -2.32. The quantitative estimate of drug-likeness (QED) is 0.616. The summed E-state index contributed by atoms with van der Waals surface area (Å²) in [6.07, 6.45) is 5.55. The first kappa shape index (κ1) is 22.3. The van der Waals surface area contributed by atoms with E-state index in [0.29, 0.717) is 5.92 Å². The van der Waals surface area contributed by atoms with Crippen molar-refractivity contribution in [2.45, 2.75) is 39.2 Å². The van der Waals surface area contributed by atoms with Crippen molar-refractivity contribution in [2.75, 3.05) is 38.0 Å². The molecular weight excluding hydrogens is 370 g/mol. The maximum atomic E-state index is 12.9. The molecule has 0 aliphatic carbocycles. The molecular formula is C26H37N3O+2. The fraction of sp³-hybridized carbons (Fsp3) is 0.423. The minimum Gasteiger partial charge on any atom is -0.322 e. The predicted octanol–water partition coefficient (Wildman–Crippen LogP) is 2.02. The highest BCUT2D eigenvalue weighted by Gasteiger charge is 2.31. The summed E-state index contributed by atoms with van der Waals surface area (Å²) in [4.78, 5) is 15.9. The van der Waals surface area contributed by atoms with Crippen molar-refractivity contribution in [2.24, 2.45) is 0 Å². The van der Waals surface area contributed by atoms with E-state index in [2.05, 4.69) is 74.6 Å². The molecule has 2 atom stereocenters. The van der Waals surface area contributed by atoms with Gasteiger partial charge in [-0.15, -0.1) is 0 Å². The summed E-state index contributed by atoms with van der Waals surface area (Å²) >= 11 is 0. The molecule has 1 aliphatic heterocycles. The molecule has 1 aliphatic rings. The van der Waals surface area contributed by atoms with E-state index in [9.17, 15) is 4.79 Å². The van der Waals surface area contributed by atoms with Crippen LogP contribution < -0.4 is 15.1 Å². The number of carbonyl (C=O) groups excluding carboxylic acids is 1. The molecule has 0 aromatic heterocycles. The molecule has 0 radical (unpaired) electrons. The average Bonchev–Trinajstić information content (AvgIpc) is 2.79. The first-order chi connectivity index (χ1) is 14.6. The number of amides is 1. The molecule has 3 rings (SSSR count). The Labute approximate surface area is 181 Å². The second-order valence-electron chi connectivity index (χ2n) is 8.53. The summed E-state index contributed by atoms with van der Waals surface area (Å²) in [6.45, 7) is 11.8. The van der Waals surface area contributed by atoms with E-state index in [4.69, 9.17) is 0 Å². The Morgan fingerprint density at radius 2 is 1.67 bits per heavy atom. The second-order valence-corrected chi connectivity index (χ2v) is 8.53. The number of rotatable bonds is 8. The Hall–Kier alpha value is -2.43. The van der Waals surface area contributed by atoms with Gasteiger partial charge in [0.2, 0.25) is 0 Å². The summed E-state index contributed by atoms with van der Waals surface area (Å²) in [7, 11) is 0. The predicted molar refractivity (Wildman–Crippen MR) is 125 cm³/mol. The zero-order chi connectivity index (χ0) is 21.3. The molecule has 30 heavy (non-hydrogen) atoms. The van der Waals surface area contributed by atoms with Crippen molar-refractivity contribution in [3.63, 3.8) is 0 Å². The number of quaternary nitrogens is 2. The molecule has 2 aromatic rings. The van der Waals surface area contributed by atoms with Gasteiger partial charge in [0.1, 0.15) is 26.2 Å². The molecule has 0 saturated carbocycles. The SMILES string of the molecule is CC[C@@H](C)c1ccccc1NC(=O)[C@H](C)[NH+]1CC[NH+](C/C=C/c2ccccc2)CC1. The largest absolute Gasteiger partial charge is 0.322 e. The van der Waals surface area contributed by atoms with E-state index in [1.54, 1.807) is 4.90 Å². The molecule has 1 heterocycles.